The second-order valence-electron chi connectivity index (χ2n) is 7.17. The van der Waals surface area contributed by atoms with E-state index in [0.717, 1.165) is 36.7 Å². The van der Waals surface area contributed by atoms with E-state index in [-0.39, 0.29) is 17.7 Å². The number of nitrogens with one attached hydrogen (secondary N) is 1. The average Bonchev–Trinajstić information content (AvgIpc) is 3.39. The maximum Gasteiger partial charge on any atom is 0.352 e. The fourth-order valence-electron chi connectivity index (χ4n) is 3.49. The number of nitriles is 1. The molecule has 1 aromatic heterocycles. The Labute approximate surface area is 185 Å². The van der Waals surface area contributed by atoms with Gasteiger partial charge < -0.3 is 10.1 Å². The van der Waals surface area contributed by atoms with Crippen LogP contribution in [0.15, 0.2) is 41.7 Å². The molecule has 0 atom stereocenters. The number of hydrogen-bond acceptors (Lipinski definition) is 7. The molecule has 0 aliphatic carbocycles. The minimum absolute atomic E-state index is 0.0000521. The smallest absolute Gasteiger partial charge is 0.352 e. The molecule has 2 heterocycles. The predicted molar refractivity (Wildman–Crippen MR) is 123 cm³/mol. The summed E-state index contributed by atoms with van der Waals surface area (Å²) < 4.78 is 7.10. The lowest BCUT2D eigenvalue weighted by Crippen LogP contribution is -2.32. The molecule has 162 valence electrons. The Morgan fingerprint density at radius 3 is 2.84 bits per heavy atom. The van der Waals surface area contributed by atoms with Gasteiger partial charge in [0.05, 0.1) is 0 Å². The molecule has 2 aromatic rings. The molecule has 8 heteroatoms. The number of carbonyl (C=O) groups is 1. The summed E-state index contributed by atoms with van der Waals surface area (Å²) in [5.41, 5.74) is 1.65. The van der Waals surface area contributed by atoms with E-state index in [1.165, 1.54) is 29.0 Å². The third kappa shape index (κ3) is 5.51. The standard InChI is InChI=1S/C23H26N4O3S/c1-3-12-30-23(29)19(14-24)22-27(4-2)21(28)20(31-22)15-25-18-9-7-8-17(13-18)16-26-10-5-6-11-26/h3,7-9,13,15,25H,1,4-6,10-12,16H2,2H3. The van der Waals surface area contributed by atoms with Gasteiger partial charge in [-0.1, -0.05) is 24.8 Å². The minimum atomic E-state index is -0.764. The number of benzene rings is 1. The second kappa shape index (κ2) is 10.8. The van der Waals surface area contributed by atoms with Crippen molar-refractivity contribution >= 4 is 34.8 Å². The molecule has 1 aliphatic heterocycles. The van der Waals surface area contributed by atoms with Gasteiger partial charge in [-0.2, -0.15) is 5.26 Å². The predicted octanol–water partition coefficient (Wildman–Crippen LogP) is 1.78. The quantitative estimate of drug-likeness (QED) is 0.499. The van der Waals surface area contributed by atoms with E-state index in [4.69, 9.17) is 4.74 Å². The average molecular weight is 439 g/mol. The number of hydrogen-bond donors (Lipinski definition) is 1. The molecule has 0 amide bonds. The summed E-state index contributed by atoms with van der Waals surface area (Å²) in [6.45, 7) is 8.79. The van der Waals surface area contributed by atoms with Crippen molar-refractivity contribution in [1.82, 2.24) is 9.47 Å². The van der Waals surface area contributed by atoms with Crippen molar-refractivity contribution < 1.29 is 9.53 Å². The molecule has 1 saturated heterocycles. The van der Waals surface area contributed by atoms with Crippen molar-refractivity contribution in [2.24, 2.45) is 0 Å². The van der Waals surface area contributed by atoms with Crippen LogP contribution in [-0.4, -0.2) is 35.1 Å². The third-order valence-electron chi connectivity index (χ3n) is 4.99. The number of thiazole rings is 1. The first kappa shape index (κ1) is 22.5. The van der Waals surface area contributed by atoms with Gasteiger partial charge in [-0.15, -0.1) is 11.3 Å². The third-order valence-corrected chi connectivity index (χ3v) is 6.12. The number of ether oxygens (including phenoxy) is 1. The number of nitrogens with zero attached hydrogens (tertiary/aromatic N) is 3. The molecule has 1 aromatic carbocycles. The Bertz CT molecular complexity index is 1170. The van der Waals surface area contributed by atoms with Crippen molar-refractivity contribution in [2.45, 2.75) is 32.9 Å². The molecule has 0 radical (unpaired) electrons. The first-order valence-corrected chi connectivity index (χ1v) is 11.1. The lowest BCUT2D eigenvalue weighted by Gasteiger charge is -2.15. The molecule has 1 aliphatic rings. The first-order valence-electron chi connectivity index (χ1n) is 10.3. The number of likely N-dealkylation sites (tertiary alicyclic amines) is 1. The summed E-state index contributed by atoms with van der Waals surface area (Å²) in [4.78, 5) is 27.4. The SMILES string of the molecule is C=CCOC(=O)C(C#N)=c1sc(=CNc2cccc(CN3CCCC3)c2)c(=O)n1CC. The molecule has 3 rings (SSSR count). The van der Waals surface area contributed by atoms with Crippen LogP contribution in [0.2, 0.25) is 0 Å². The zero-order chi connectivity index (χ0) is 22.2. The van der Waals surface area contributed by atoms with E-state index < -0.39 is 5.97 Å². The molecule has 0 bridgehead atoms. The van der Waals surface area contributed by atoms with Gasteiger partial charge in [0.1, 0.15) is 21.9 Å². The highest BCUT2D eigenvalue weighted by atomic mass is 32.1. The molecular formula is C23H26N4O3S. The van der Waals surface area contributed by atoms with Crippen LogP contribution in [0.1, 0.15) is 25.3 Å². The van der Waals surface area contributed by atoms with Crippen molar-refractivity contribution in [3.05, 3.63) is 62.0 Å². The van der Waals surface area contributed by atoms with Gasteiger partial charge >= 0.3 is 5.97 Å². The van der Waals surface area contributed by atoms with Crippen molar-refractivity contribution in [1.29, 1.82) is 5.26 Å². The monoisotopic (exact) mass is 438 g/mol. The maximum absolute atomic E-state index is 12.8. The second-order valence-corrected chi connectivity index (χ2v) is 8.20. The topological polar surface area (TPSA) is 87.4 Å². The highest BCUT2D eigenvalue weighted by Crippen LogP contribution is 2.16. The lowest BCUT2D eigenvalue weighted by atomic mass is 10.2. The van der Waals surface area contributed by atoms with Crippen LogP contribution in [0.3, 0.4) is 0 Å². The highest BCUT2D eigenvalue weighted by Gasteiger charge is 2.16. The van der Waals surface area contributed by atoms with Gasteiger partial charge in [-0.25, -0.2) is 4.79 Å². The van der Waals surface area contributed by atoms with Gasteiger partial charge in [-0.3, -0.25) is 14.3 Å². The van der Waals surface area contributed by atoms with E-state index in [1.54, 1.807) is 13.1 Å². The van der Waals surface area contributed by atoms with Gasteiger partial charge in [0, 0.05) is 25.0 Å². The van der Waals surface area contributed by atoms with E-state index in [1.807, 2.05) is 18.2 Å². The Hall–Kier alpha value is -3.15. The zero-order valence-corrected chi connectivity index (χ0v) is 18.4. The Kier molecular flexibility index (Phi) is 7.82. The van der Waals surface area contributed by atoms with Crippen molar-refractivity contribution in [3.63, 3.8) is 0 Å². The Morgan fingerprint density at radius 1 is 1.39 bits per heavy atom. The zero-order valence-electron chi connectivity index (χ0n) is 17.6. The number of aromatic nitrogens is 1. The molecule has 1 fully saturated rings. The van der Waals surface area contributed by atoms with Gasteiger partial charge in [0.15, 0.2) is 5.57 Å². The highest BCUT2D eigenvalue weighted by molar-refractivity contribution is 7.07. The van der Waals surface area contributed by atoms with Crippen LogP contribution in [-0.2, 0) is 22.6 Å². The van der Waals surface area contributed by atoms with Crippen LogP contribution in [0.25, 0.3) is 11.8 Å². The summed E-state index contributed by atoms with van der Waals surface area (Å²) in [6, 6.07) is 9.97. The van der Waals surface area contributed by atoms with E-state index in [0.29, 0.717) is 15.7 Å². The fourth-order valence-corrected chi connectivity index (χ4v) is 4.56. The number of rotatable bonds is 8. The van der Waals surface area contributed by atoms with Crippen LogP contribution in [0, 0.1) is 11.3 Å². The summed E-state index contributed by atoms with van der Waals surface area (Å²) in [5.74, 6) is -0.764. The maximum atomic E-state index is 12.8. The number of carbonyl (C=O) groups excluding carboxylic acids is 1. The Morgan fingerprint density at radius 2 is 2.16 bits per heavy atom. The summed E-state index contributed by atoms with van der Waals surface area (Å²) >= 11 is 1.09. The molecule has 0 saturated carbocycles. The van der Waals surface area contributed by atoms with Gasteiger partial charge in [0.25, 0.3) is 5.56 Å². The first-order chi connectivity index (χ1) is 15.1. The molecule has 7 nitrogen and oxygen atoms in total. The Balaban J connectivity index is 1.91. The molecule has 1 N–H and O–H groups in total. The van der Waals surface area contributed by atoms with Crippen LogP contribution < -0.4 is 20.1 Å². The summed E-state index contributed by atoms with van der Waals surface area (Å²) in [5, 5.41) is 12.7. The normalized spacial score (nSPS) is 15.4. The minimum Gasteiger partial charge on any atom is -0.457 e. The van der Waals surface area contributed by atoms with Crippen molar-refractivity contribution in [2.75, 3.05) is 25.0 Å². The van der Waals surface area contributed by atoms with Crippen LogP contribution in [0.5, 0.6) is 0 Å². The molecule has 0 spiro atoms. The largest absolute Gasteiger partial charge is 0.457 e. The van der Waals surface area contributed by atoms with Gasteiger partial charge in [0.2, 0.25) is 0 Å². The number of esters is 1. The van der Waals surface area contributed by atoms with E-state index in [9.17, 15) is 14.9 Å². The van der Waals surface area contributed by atoms with E-state index >= 15 is 0 Å². The van der Waals surface area contributed by atoms with E-state index in [2.05, 4.69) is 28.9 Å². The molecule has 31 heavy (non-hydrogen) atoms. The van der Waals surface area contributed by atoms with Crippen LogP contribution >= 0.6 is 11.3 Å². The van der Waals surface area contributed by atoms with Crippen molar-refractivity contribution in [3.8, 4) is 6.07 Å². The molecular weight excluding hydrogens is 412 g/mol. The summed E-state index contributed by atoms with van der Waals surface area (Å²) in [7, 11) is 0. The van der Waals surface area contributed by atoms with Gasteiger partial charge in [-0.05, 0) is 50.6 Å². The summed E-state index contributed by atoms with van der Waals surface area (Å²) in [6.07, 6.45) is 5.55. The lowest BCUT2D eigenvalue weighted by molar-refractivity contribution is -0.135. The molecule has 0 unspecified atom stereocenters. The van der Waals surface area contributed by atoms with Crippen LogP contribution in [0.4, 0.5) is 5.69 Å². The fraction of sp³-hybridized carbons (Fsp3) is 0.348. The number of anilines is 1.